The predicted molar refractivity (Wildman–Crippen MR) is 49.2 cm³/mol. The summed E-state index contributed by atoms with van der Waals surface area (Å²) in [6.45, 7) is 3.02. The van der Waals surface area contributed by atoms with E-state index in [4.69, 9.17) is 5.73 Å². The normalized spacial score (nSPS) is 10.7. The van der Waals surface area contributed by atoms with E-state index in [9.17, 15) is 0 Å². The minimum absolute atomic E-state index is 0.538. The minimum Gasteiger partial charge on any atom is -0.329 e. The highest BCUT2D eigenvalue weighted by Crippen LogP contribution is 2.08. The topological polar surface area (TPSA) is 98.3 Å². The lowest BCUT2D eigenvalue weighted by atomic mass is 10.4. The van der Waals surface area contributed by atoms with Gasteiger partial charge in [0.1, 0.15) is 5.82 Å². The fraction of sp³-hybridized carbons (Fsp3) is 0.429. The molecule has 14 heavy (non-hydrogen) atoms. The molecule has 3 N–H and O–H groups in total. The second-order valence-corrected chi connectivity index (χ2v) is 2.90. The van der Waals surface area contributed by atoms with Gasteiger partial charge in [0.05, 0.1) is 12.7 Å². The first-order valence-electron chi connectivity index (χ1n) is 4.29. The molecule has 2 rings (SSSR count). The zero-order valence-corrected chi connectivity index (χ0v) is 7.80. The summed E-state index contributed by atoms with van der Waals surface area (Å²) in [5.74, 6) is 1.32. The Hall–Kier alpha value is -1.76. The SMILES string of the molecule is Cc1nc(-c2cn(CCN)nn2)n[nH]1. The fourth-order valence-electron chi connectivity index (χ4n) is 1.10. The molecule has 0 unspecified atom stereocenters. The summed E-state index contributed by atoms with van der Waals surface area (Å²) in [5, 5.41) is 14.5. The van der Waals surface area contributed by atoms with Crippen molar-refractivity contribution < 1.29 is 0 Å². The molecule has 0 aromatic carbocycles. The van der Waals surface area contributed by atoms with E-state index in [0.29, 0.717) is 24.6 Å². The Morgan fingerprint density at radius 1 is 1.57 bits per heavy atom. The number of aromatic nitrogens is 6. The number of nitrogens with zero attached hydrogens (tertiary/aromatic N) is 5. The molecule has 0 amide bonds. The van der Waals surface area contributed by atoms with Gasteiger partial charge in [-0.05, 0) is 6.92 Å². The van der Waals surface area contributed by atoms with Crippen LogP contribution in [0.4, 0.5) is 0 Å². The second-order valence-electron chi connectivity index (χ2n) is 2.90. The van der Waals surface area contributed by atoms with Crippen LogP contribution in [0.1, 0.15) is 5.82 Å². The van der Waals surface area contributed by atoms with Crippen molar-refractivity contribution in [2.75, 3.05) is 6.54 Å². The first kappa shape index (κ1) is 8.82. The van der Waals surface area contributed by atoms with E-state index in [2.05, 4.69) is 25.5 Å². The van der Waals surface area contributed by atoms with E-state index in [-0.39, 0.29) is 0 Å². The van der Waals surface area contributed by atoms with Gasteiger partial charge in [-0.2, -0.15) is 5.10 Å². The summed E-state index contributed by atoms with van der Waals surface area (Å²) >= 11 is 0. The Morgan fingerprint density at radius 2 is 2.43 bits per heavy atom. The number of aromatic amines is 1. The molecule has 74 valence electrons. The van der Waals surface area contributed by atoms with Crippen LogP contribution in [0.15, 0.2) is 6.20 Å². The van der Waals surface area contributed by atoms with Crippen LogP contribution in [0.5, 0.6) is 0 Å². The summed E-state index contributed by atoms with van der Waals surface area (Å²) in [7, 11) is 0. The third-order valence-electron chi connectivity index (χ3n) is 1.72. The number of nitrogens with one attached hydrogen (secondary N) is 1. The van der Waals surface area contributed by atoms with Crippen molar-refractivity contribution in [1.29, 1.82) is 0 Å². The highest BCUT2D eigenvalue weighted by atomic mass is 15.4. The second kappa shape index (κ2) is 3.54. The maximum absolute atomic E-state index is 5.39. The Morgan fingerprint density at radius 3 is 3.07 bits per heavy atom. The molecule has 0 aliphatic heterocycles. The van der Waals surface area contributed by atoms with Crippen molar-refractivity contribution in [2.24, 2.45) is 5.73 Å². The smallest absolute Gasteiger partial charge is 0.203 e. The highest BCUT2D eigenvalue weighted by Gasteiger charge is 2.07. The van der Waals surface area contributed by atoms with Gasteiger partial charge in [0.15, 0.2) is 5.69 Å². The number of aryl methyl sites for hydroxylation is 1. The molecule has 0 spiro atoms. The molecule has 0 atom stereocenters. The molecule has 2 heterocycles. The summed E-state index contributed by atoms with van der Waals surface area (Å²) < 4.78 is 1.67. The van der Waals surface area contributed by atoms with Crippen LogP contribution in [-0.2, 0) is 6.54 Å². The lowest BCUT2D eigenvalue weighted by molar-refractivity contribution is 0.598. The molecule has 7 nitrogen and oxygen atoms in total. The number of H-pyrrole nitrogens is 1. The van der Waals surface area contributed by atoms with Crippen LogP contribution in [0, 0.1) is 6.92 Å². The molecule has 0 aliphatic carbocycles. The monoisotopic (exact) mass is 193 g/mol. The predicted octanol–water partition coefficient (Wildman–Crippen LogP) is -0.670. The Labute approximate surface area is 80.3 Å². The molecule has 0 saturated heterocycles. The number of hydrogen-bond donors (Lipinski definition) is 2. The minimum atomic E-state index is 0.538. The molecule has 2 aromatic heterocycles. The Balaban J connectivity index is 2.24. The average Bonchev–Trinajstić information content (AvgIpc) is 2.74. The van der Waals surface area contributed by atoms with Gasteiger partial charge in [-0.15, -0.1) is 5.10 Å². The molecule has 0 aliphatic rings. The summed E-state index contributed by atoms with van der Waals surface area (Å²) in [4.78, 5) is 4.14. The van der Waals surface area contributed by atoms with Crippen LogP contribution in [0.2, 0.25) is 0 Å². The van der Waals surface area contributed by atoms with Crippen molar-refractivity contribution in [3.8, 4) is 11.5 Å². The number of rotatable bonds is 3. The Bertz CT molecular complexity index is 415. The van der Waals surface area contributed by atoms with E-state index in [1.54, 1.807) is 10.9 Å². The van der Waals surface area contributed by atoms with Crippen LogP contribution < -0.4 is 5.73 Å². The lowest BCUT2D eigenvalue weighted by Gasteiger charge is -1.91. The zero-order chi connectivity index (χ0) is 9.97. The summed E-state index contributed by atoms with van der Waals surface area (Å²) in [6.07, 6.45) is 1.77. The number of nitrogens with two attached hydrogens (primary N) is 1. The van der Waals surface area contributed by atoms with E-state index in [0.717, 1.165) is 5.82 Å². The van der Waals surface area contributed by atoms with Gasteiger partial charge < -0.3 is 5.73 Å². The van der Waals surface area contributed by atoms with Crippen molar-refractivity contribution >= 4 is 0 Å². The third kappa shape index (κ3) is 1.62. The van der Waals surface area contributed by atoms with E-state index in [1.807, 2.05) is 6.92 Å². The molecule has 0 radical (unpaired) electrons. The van der Waals surface area contributed by atoms with Crippen molar-refractivity contribution in [1.82, 2.24) is 30.2 Å². The van der Waals surface area contributed by atoms with Gasteiger partial charge in [-0.25, -0.2) is 4.98 Å². The van der Waals surface area contributed by atoms with Crippen LogP contribution in [0.3, 0.4) is 0 Å². The fourth-order valence-corrected chi connectivity index (χ4v) is 1.10. The molecule has 7 heteroatoms. The molecule has 0 saturated carbocycles. The standard InChI is InChI=1S/C7H11N7/c1-5-9-7(12-10-5)6-4-14(3-2-8)13-11-6/h4H,2-3,8H2,1H3,(H,9,10,12). The van der Waals surface area contributed by atoms with E-state index >= 15 is 0 Å². The van der Waals surface area contributed by atoms with Gasteiger partial charge in [-0.3, -0.25) is 9.78 Å². The molecule has 0 fully saturated rings. The average molecular weight is 193 g/mol. The van der Waals surface area contributed by atoms with Crippen LogP contribution >= 0.6 is 0 Å². The number of hydrogen-bond acceptors (Lipinski definition) is 5. The highest BCUT2D eigenvalue weighted by molar-refractivity contribution is 5.45. The Kier molecular flexibility index (Phi) is 2.23. The molecule has 0 bridgehead atoms. The summed E-state index contributed by atoms with van der Waals surface area (Å²) in [6, 6.07) is 0. The van der Waals surface area contributed by atoms with Crippen LogP contribution in [-0.4, -0.2) is 36.7 Å². The molecular formula is C7H11N7. The molecule has 2 aromatic rings. The van der Waals surface area contributed by atoms with Gasteiger partial charge in [-0.1, -0.05) is 5.21 Å². The van der Waals surface area contributed by atoms with Gasteiger partial charge in [0.2, 0.25) is 5.82 Å². The quantitative estimate of drug-likeness (QED) is 0.673. The van der Waals surface area contributed by atoms with Gasteiger partial charge >= 0.3 is 0 Å². The first-order chi connectivity index (χ1) is 6.79. The first-order valence-corrected chi connectivity index (χ1v) is 4.29. The largest absolute Gasteiger partial charge is 0.329 e. The maximum atomic E-state index is 5.39. The maximum Gasteiger partial charge on any atom is 0.203 e. The van der Waals surface area contributed by atoms with Gasteiger partial charge in [0, 0.05) is 6.54 Å². The van der Waals surface area contributed by atoms with Crippen LogP contribution in [0.25, 0.3) is 11.5 Å². The van der Waals surface area contributed by atoms with E-state index < -0.39 is 0 Å². The zero-order valence-electron chi connectivity index (χ0n) is 7.80. The van der Waals surface area contributed by atoms with Crippen molar-refractivity contribution in [3.63, 3.8) is 0 Å². The molecular weight excluding hydrogens is 182 g/mol. The summed E-state index contributed by atoms with van der Waals surface area (Å²) in [5.41, 5.74) is 6.04. The van der Waals surface area contributed by atoms with Gasteiger partial charge in [0.25, 0.3) is 0 Å². The van der Waals surface area contributed by atoms with E-state index in [1.165, 1.54) is 0 Å². The lowest BCUT2D eigenvalue weighted by Crippen LogP contribution is -2.10. The van der Waals surface area contributed by atoms with Crippen molar-refractivity contribution in [2.45, 2.75) is 13.5 Å². The van der Waals surface area contributed by atoms with Crippen molar-refractivity contribution in [3.05, 3.63) is 12.0 Å². The third-order valence-corrected chi connectivity index (χ3v) is 1.72.